The van der Waals surface area contributed by atoms with Crippen LogP contribution in [0, 0.1) is 24.1 Å². The Hall–Kier alpha value is -2.53. The van der Waals surface area contributed by atoms with Crippen LogP contribution in [0.2, 0.25) is 0 Å². The lowest BCUT2D eigenvalue weighted by Gasteiger charge is -2.30. The molecule has 0 saturated carbocycles. The van der Waals surface area contributed by atoms with Crippen LogP contribution in [0.15, 0.2) is 28.5 Å². The number of hydrogen-bond acceptors (Lipinski definition) is 6. The second kappa shape index (κ2) is 8.19. The van der Waals surface area contributed by atoms with Gasteiger partial charge in [0.1, 0.15) is 16.1 Å². The molecule has 1 aliphatic heterocycles. The first-order chi connectivity index (χ1) is 14.4. The molecule has 7 nitrogen and oxygen atoms in total. The third-order valence-electron chi connectivity index (χ3n) is 4.64. The Kier molecular flexibility index (Phi) is 6.12. The Morgan fingerprint density at radius 3 is 2.61 bits per heavy atom. The van der Waals surface area contributed by atoms with Gasteiger partial charge in [0.15, 0.2) is 5.54 Å². The Morgan fingerprint density at radius 1 is 1.32 bits per heavy atom. The third-order valence-corrected chi connectivity index (χ3v) is 7.70. The summed E-state index contributed by atoms with van der Waals surface area (Å²) in [6, 6.07) is 5.87. The van der Waals surface area contributed by atoms with E-state index in [0.717, 1.165) is 18.2 Å². The van der Waals surface area contributed by atoms with Crippen LogP contribution < -0.4 is 10.0 Å². The van der Waals surface area contributed by atoms with E-state index in [1.54, 1.807) is 10.8 Å². The summed E-state index contributed by atoms with van der Waals surface area (Å²) < 4.78 is 85.2. The first-order valence-electron chi connectivity index (χ1n) is 8.68. The van der Waals surface area contributed by atoms with Crippen molar-refractivity contribution in [3.05, 3.63) is 46.1 Å². The Labute approximate surface area is 178 Å². The number of rotatable bonds is 5. The van der Waals surface area contributed by atoms with Crippen molar-refractivity contribution in [1.29, 1.82) is 5.26 Å². The molecule has 2 aromatic rings. The predicted molar refractivity (Wildman–Crippen MR) is 103 cm³/mol. The van der Waals surface area contributed by atoms with Gasteiger partial charge in [-0.1, -0.05) is 0 Å². The number of nitrogens with zero attached hydrogens (tertiary/aromatic N) is 1. The van der Waals surface area contributed by atoms with Crippen LogP contribution in [-0.2, 0) is 14.8 Å². The molecule has 1 aromatic carbocycles. The van der Waals surface area contributed by atoms with Gasteiger partial charge < -0.3 is 10.1 Å². The first kappa shape index (κ1) is 23.1. The number of thiophene rings is 1. The standard InChI is InChI=1S/C18H15F4N3O4S2/c1-10-13(16(26)24-12-2-3-14(19)11(6-12)8-23)7-15(30-10)31(27,28)25-17(18(20,21)22)4-5-29-9-17/h2-3,6-7,25H,4-5,9H2,1H3,(H,24,26). The van der Waals surface area contributed by atoms with Crippen molar-refractivity contribution >= 4 is 33.0 Å². The largest absolute Gasteiger partial charge is 0.409 e. The number of ether oxygens (including phenoxy) is 1. The number of sulfonamides is 1. The summed E-state index contributed by atoms with van der Waals surface area (Å²) >= 11 is 0.631. The average molecular weight is 477 g/mol. The number of carbonyl (C=O) groups is 1. The van der Waals surface area contributed by atoms with E-state index in [0.29, 0.717) is 11.3 Å². The van der Waals surface area contributed by atoms with Gasteiger partial charge in [-0.3, -0.25) is 4.79 Å². The van der Waals surface area contributed by atoms with Gasteiger partial charge in [-0.05, 0) is 31.2 Å². The van der Waals surface area contributed by atoms with Gasteiger partial charge in [-0.15, -0.1) is 11.3 Å². The molecule has 0 radical (unpaired) electrons. The van der Waals surface area contributed by atoms with Crippen molar-refractivity contribution in [2.24, 2.45) is 0 Å². The number of nitriles is 1. The fraction of sp³-hybridized carbons (Fsp3) is 0.333. The van der Waals surface area contributed by atoms with Crippen molar-refractivity contribution in [2.45, 2.75) is 29.3 Å². The molecule has 166 valence electrons. The van der Waals surface area contributed by atoms with Gasteiger partial charge in [0.25, 0.3) is 15.9 Å². The number of hydrogen-bond donors (Lipinski definition) is 2. The number of anilines is 1. The van der Waals surface area contributed by atoms with E-state index in [-0.39, 0.29) is 28.3 Å². The SMILES string of the molecule is Cc1sc(S(=O)(=O)NC2(C(F)(F)F)CCOC2)cc1C(=O)Nc1ccc(F)c(C#N)c1. The van der Waals surface area contributed by atoms with Gasteiger partial charge in [0.2, 0.25) is 0 Å². The average Bonchev–Trinajstić information content (AvgIpc) is 3.30. The van der Waals surface area contributed by atoms with E-state index < -0.39 is 50.7 Å². The van der Waals surface area contributed by atoms with E-state index in [4.69, 9.17) is 10.00 Å². The lowest BCUT2D eigenvalue weighted by atomic mass is 10.0. The zero-order chi connectivity index (χ0) is 23.0. The van der Waals surface area contributed by atoms with Crippen LogP contribution in [-0.4, -0.2) is 39.3 Å². The van der Waals surface area contributed by atoms with Gasteiger partial charge in [-0.2, -0.15) is 23.2 Å². The highest BCUT2D eigenvalue weighted by molar-refractivity contribution is 7.91. The third kappa shape index (κ3) is 4.57. The molecule has 0 spiro atoms. The van der Waals surface area contributed by atoms with Crippen LogP contribution in [0.5, 0.6) is 0 Å². The van der Waals surface area contributed by atoms with E-state index >= 15 is 0 Å². The highest BCUT2D eigenvalue weighted by Gasteiger charge is 2.59. The van der Waals surface area contributed by atoms with Crippen molar-refractivity contribution in [3.63, 3.8) is 0 Å². The van der Waals surface area contributed by atoms with Crippen LogP contribution in [0.1, 0.15) is 27.2 Å². The molecule has 1 fully saturated rings. The number of benzene rings is 1. The molecular weight excluding hydrogens is 462 g/mol. The lowest BCUT2D eigenvalue weighted by molar-refractivity contribution is -0.189. The zero-order valence-corrected chi connectivity index (χ0v) is 17.5. The van der Waals surface area contributed by atoms with Gasteiger partial charge in [-0.25, -0.2) is 12.8 Å². The minimum absolute atomic E-state index is 0.0862. The minimum atomic E-state index is -4.87. The molecule has 13 heteroatoms. The fourth-order valence-corrected chi connectivity index (χ4v) is 5.78. The molecular formula is C18H15F4N3O4S2. The fourth-order valence-electron chi connectivity index (χ4n) is 2.93. The smallest absolute Gasteiger partial charge is 0.379 e. The van der Waals surface area contributed by atoms with Crippen LogP contribution in [0.4, 0.5) is 23.2 Å². The second-order valence-electron chi connectivity index (χ2n) is 6.78. The molecule has 1 unspecified atom stereocenters. The molecule has 2 N–H and O–H groups in total. The summed E-state index contributed by atoms with van der Waals surface area (Å²) in [7, 11) is -4.61. The molecule has 0 aliphatic carbocycles. The molecule has 1 saturated heterocycles. The molecule has 1 aliphatic rings. The number of amides is 1. The number of nitrogens with one attached hydrogen (secondary N) is 2. The van der Waals surface area contributed by atoms with E-state index in [2.05, 4.69) is 5.32 Å². The van der Waals surface area contributed by atoms with Crippen molar-refractivity contribution in [1.82, 2.24) is 4.72 Å². The topological polar surface area (TPSA) is 108 Å². The molecule has 1 amide bonds. The maximum Gasteiger partial charge on any atom is 0.409 e. The van der Waals surface area contributed by atoms with Crippen molar-refractivity contribution in [2.75, 3.05) is 18.5 Å². The van der Waals surface area contributed by atoms with Crippen molar-refractivity contribution < 1.29 is 35.5 Å². The van der Waals surface area contributed by atoms with Crippen LogP contribution >= 0.6 is 11.3 Å². The van der Waals surface area contributed by atoms with E-state index in [9.17, 15) is 30.8 Å². The quantitative estimate of drug-likeness (QED) is 0.643. The Morgan fingerprint density at radius 2 is 2.03 bits per heavy atom. The lowest BCUT2D eigenvalue weighted by Crippen LogP contribution is -2.59. The highest BCUT2D eigenvalue weighted by Crippen LogP contribution is 2.39. The Bertz CT molecular complexity index is 1160. The number of aryl methyl sites for hydroxylation is 1. The van der Waals surface area contributed by atoms with Gasteiger partial charge >= 0.3 is 6.18 Å². The summed E-state index contributed by atoms with van der Waals surface area (Å²) in [4.78, 5) is 12.8. The van der Waals surface area contributed by atoms with Gasteiger partial charge in [0, 0.05) is 23.6 Å². The molecule has 1 atom stereocenters. The molecule has 3 rings (SSSR count). The molecule has 31 heavy (non-hydrogen) atoms. The van der Waals surface area contributed by atoms with Crippen LogP contribution in [0.3, 0.4) is 0 Å². The van der Waals surface area contributed by atoms with Gasteiger partial charge in [0.05, 0.1) is 17.7 Å². The summed E-state index contributed by atoms with van der Waals surface area (Å²) in [6.07, 6.45) is -5.44. The molecule has 1 aromatic heterocycles. The molecule has 0 bridgehead atoms. The zero-order valence-electron chi connectivity index (χ0n) is 15.8. The Balaban J connectivity index is 1.86. The normalized spacial score (nSPS) is 19.2. The number of halogens is 4. The molecule has 2 heterocycles. The maximum absolute atomic E-state index is 13.5. The van der Waals surface area contributed by atoms with E-state index in [1.165, 1.54) is 13.0 Å². The van der Waals surface area contributed by atoms with Crippen LogP contribution in [0.25, 0.3) is 0 Å². The summed E-state index contributed by atoms with van der Waals surface area (Å²) in [6.45, 7) is 0.336. The highest BCUT2D eigenvalue weighted by atomic mass is 32.2. The minimum Gasteiger partial charge on any atom is -0.379 e. The summed E-state index contributed by atoms with van der Waals surface area (Å²) in [5.41, 5.74) is -3.04. The maximum atomic E-state index is 13.5. The predicted octanol–water partition coefficient (Wildman–Crippen LogP) is 3.32. The second-order valence-corrected chi connectivity index (χ2v) is 9.95. The number of alkyl halides is 3. The monoisotopic (exact) mass is 477 g/mol. The summed E-state index contributed by atoms with van der Waals surface area (Å²) in [5, 5.41) is 11.3. The first-order valence-corrected chi connectivity index (χ1v) is 11.0. The van der Waals surface area contributed by atoms with E-state index in [1.807, 2.05) is 0 Å². The number of carbonyl (C=O) groups excluding carboxylic acids is 1. The van der Waals surface area contributed by atoms with Crippen molar-refractivity contribution in [3.8, 4) is 6.07 Å². The summed E-state index contributed by atoms with van der Waals surface area (Å²) in [5.74, 6) is -1.54.